The lowest BCUT2D eigenvalue weighted by atomic mass is 9.95. The molecule has 3 nitrogen and oxygen atoms in total. The number of nitrogens with two attached hydrogens (primary N) is 1. The van der Waals surface area contributed by atoms with E-state index in [0.29, 0.717) is 0 Å². The lowest BCUT2D eigenvalue weighted by Gasteiger charge is -2.16. The average molecular weight is 272 g/mol. The first kappa shape index (κ1) is 13.5. The van der Waals surface area contributed by atoms with Crippen LogP contribution in [0, 0.1) is 6.92 Å². The zero-order valence-electron chi connectivity index (χ0n) is 12.5. The molecule has 3 rings (SSSR count). The van der Waals surface area contributed by atoms with Crippen molar-refractivity contribution in [2.45, 2.75) is 45.6 Å². The summed E-state index contributed by atoms with van der Waals surface area (Å²) in [5.74, 6) is 1.01. The molecule has 0 amide bonds. The van der Waals surface area contributed by atoms with Gasteiger partial charge in [-0.25, -0.2) is 0 Å². The maximum atomic E-state index is 5.72. The van der Waals surface area contributed by atoms with Crippen molar-refractivity contribution in [1.82, 2.24) is 4.57 Å². The molecule has 0 saturated carbocycles. The number of aromatic nitrogens is 1. The minimum absolute atomic E-state index is 0.739. The molecule has 0 saturated heterocycles. The van der Waals surface area contributed by atoms with E-state index in [2.05, 4.69) is 23.6 Å². The van der Waals surface area contributed by atoms with E-state index in [1.54, 1.807) is 12.7 Å². The third-order valence-electron chi connectivity index (χ3n) is 4.38. The van der Waals surface area contributed by atoms with Gasteiger partial charge in [0.05, 0.1) is 12.6 Å². The number of ether oxygens (including phenoxy) is 1. The van der Waals surface area contributed by atoms with Gasteiger partial charge in [-0.3, -0.25) is 0 Å². The standard InChI is InChI=1S/C17H24N2O/c1-12-10-14-13-6-3-4-7-15(13)19(9-5-8-18)17(14)16(11-12)20-2/h10-11H,3-9,18H2,1-2H3. The fourth-order valence-corrected chi connectivity index (χ4v) is 3.52. The van der Waals surface area contributed by atoms with Crippen LogP contribution in [0.5, 0.6) is 5.75 Å². The van der Waals surface area contributed by atoms with Crippen LogP contribution in [0.25, 0.3) is 10.9 Å². The van der Waals surface area contributed by atoms with Crippen LogP contribution in [-0.2, 0) is 19.4 Å². The average Bonchev–Trinajstić information content (AvgIpc) is 2.78. The monoisotopic (exact) mass is 272 g/mol. The van der Waals surface area contributed by atoms with Gasteiger partial charge in [-0.1, -0.05) is 0 Å². The van der Waals surface area contributed by atoms with Crippen LogP contribution in [0.2, 0.25) is 0 Å². The first-order chi connectivity index (χ1) is 9.76. The second-order valence-corrected chi connectivity index (χ2v) is 5.79. The fourth-order valence-electron chi connectivity index (χ4n) is 3.52. The fraction of sp³-hybridized carbons (Fsp3) is 0.529. The van der Waals surface area contributed by atoms with E-state index in [0.717, 1.165) is 25.3 Å². The van der Waals surface area contributed by atoms with Crippen LogP contribution < -0.4 is 10.5 Å². The molecule has 1 aliphatic carbocycles. The van der Waals surface area contributed by atoms with Crippen molar-refractivity contribution in [3.63, 3.8) is 0 Å². The van der Waals surface area contributed by atoms with Crippen molar-refractivity contribution in [1.29, 1.82) is 0 Å². The van der Waals surface area contributed by atoms with Gasteiger partial charge in [0.2, 0.25) is 0 Å². The second kappa shape index (κ2) is 5.49. The number of hydrogen-bond acceptors (Lipinski definition) is 2. The van der Waals surface area contributed by atoms with Gasteiger partial charge < -0.3 is 15.0 Å². The van der Waals surface area contributed by atoms with E-state index < -0.39 is 0 Å². The number of aryl methyl sites for hydroxylation is 3. The maximum Gasteiger partial charge on any atom is 0.143 e. The highest BCUT2D eigenvalue weighted by Crippen LogP contribution is 2.37. The Hall–Kier alpha value is -1.48. The van der Waals surface area contributed by atoms with Gasteiger partial charge in [0.25, 0.3) is 0 Å². The maximum absolute atomic E-state index is 5.72. The van der Waals surface area contributed by atoms with Crippen molar-refractivity contribution in [2.75, 3.05) is 13.7 Å². The Morgan fingerprint density at radius 2 is 2.05 bits per heavy atom. The Balaban J connectivity index is 2.27. The SMILES string of the molecule is COc1cc(C)cc2c3c(n(CCCN)c12)CCCC3. The summed E-state index contributed by atoms with van der Waals surface area (Å²) in [5, 5.41) is 1.40. The third kappa shape index (κ3) is 2.10. The minimum Gasteiger partial charge on any atom is -0.495 e. The Labute approximate surface area is 120 Å². The first-order valence-corrected chi connectivity index (χ1v) is 7.65. The van der Waals surface area contributed by atoms with Crippen molar-refractivity contribution in [3.05, 3.63) is 29.0 Å². The molecule has 0 atom stereocenters. The quantitative estimate of drug-likeness (QED) is 0.928. The van der Waals surface area contributed by atoms with Gasteiger partial charge in [-0.2, -0.15) is 0 Å². The Morgan fingerprint density at radius 3 is 2.80 bits per heavy atom. The summed E-state index contributed by atoms with van der Waals surface area (Å²) >= 11 is 0. The molecule has 0 fully saturated rings. The third-order valence-corrected chi connectivity index (χ3v) is 4.38. The molecule has 2 N–H and O–H groups in total. The highest BCUT2D eigenvalue weighted by molar-refractivity contribution is 5.91. The topological polar surface area (TPSA) is 40.2 Å². The molecule has 1 aromatic heterocycles. The summed E-state index contributed by atoms with van der Waals surface area (Å²) in [7, 11) is 1.77. The summed E-state index contributed by atoms with van der Waals surface area (Å²) in [4.78, 5) is 0. The van der Waals surface area contributed by atoms with Crippen molar-refractivity contribution in [3.8, 4) is 5.75 Å². The summed E-state index contributed by atoms with van der Waals surface area (Å²) in [6.07, 6.45) is 6.02. The molecule has 1 aromatic carbocycles. The Kier molecular flexibility index (Phi) is 3.70. The van der Waals surface area contributed by atoms with E-state index in [9.17, 15) is 0 Å². The highest BCUT2D eigenvalue weighted by Gasteiger charge is 2.22. The lowest BCUT2D eigenvalue weighted by molar-refractivity contribution is 0.416. The van der Waals surface area contributed by atoms with E-state index in [1.807, 2.05) is 0 Å². The molecule has 2 aromatic rings. The number of methoxy groups -OCH3 is 1. The number of fused-ring (bicyclic) bond motifs is 3. The van der Waals surface area contributed by atoms with Crippen molar-refractivity contribution < 1.29 is 4.74 Å². The summed E-state index contributed by atoms with van der Waals surface area (Å²) < 4.78 is 8.12. The van der Waals surface area contributed by atoms with Gasteiger partial charge in [0, 0.05) is 17.6 Å². The molecule has 0 aliphatic heterocycles. The van der Waals surface area contributed by atoms with E-state index in [1.165, 1.54) is 47.8 Å². The Morgan fingerprint density at radius 1 is 1.25 bits per heavy atom. The molecule has 1 aliphatic rings. The number of hydrogen-bond donors (Lipinski definition) is 1. The Bertz CT molecular complexity index is 628. The van der Waals surface area contributed by atoms with E-state index in [-0.39, 0.29) is 0 Å². The number of benzene rings is 1. The van der Waals surface area contributed by atoms with Crippen LogP contribution >= 0.6 is 0 Å². The van der Waals surface area contributed by atoms with Gasteiger partial charge in [-0.05, 0) is 68.8 Å². The second-order valence-electron chi connectivity index (χ2n) is 5.79. The van der Waals surface area contributed by atoms with Crippen LogP contribution in [0.15, 0.2) is 12.1 Å². The predicted octanol–water partition coefficient (Wildman–Crippen LogP) is 3.19. The van der Waals surface area contributed by atoms with E-state index in [4.69, 9.17) is 10.5 Å². The highest BCUT2D eigenvalue weighted by atomic mass is 16.5. The van der Waals surface area contributed by atoms with Gasteiger partial charge in [0.15, 0.2) is 0 Å². The molecule has 0 unspecified atom stereocenters. The van der Waals surface area contributed by atoms with Gasteiger partial charge in [-0.15, -0.1) is 0 Å². The molecular formula is C17H24N2O. The summed E-state index contributed by atoms with van der Waals surface area (Å²) in [6.45, 7) is 3.89. The van der Waals surface area contributed by atoms with Gasteiger partial charge >= 0.3 is 0 Å². The number of rotatable bonds is 4. The van der Waals surface area contributed by atoms with Crippen LogP contribution in [0.3, 0.4) is 0 Å². The molecule has 0 radical (unpaired) electrons. The normalized spacial score (nSPS) is 14.6. The minimum atomic E-state index is 0.739. The number of nitrogens with zero attached hydrogens (tertiary/aromatic N) is 1. The van der Waals surface area contributed by atoms with Gasteiger partial charge in [0.1, 0.15) is 5.75 Å². The van der Waals surface area contributed by atoms with Crippen LogP contribution in [-0.4, -0.2) is 18.2 Å². The molecular weight excluding hydrogens is 248 g/mol. The molecule has 0 spiro atoms. The van der Waals surface area contributed by atoms with E-state index >= 15 is 0 Å². The molecule has 1 heterocycles. The molecule has 3 heteroatoms. The molecule has 0 bridgehead atoms. The molecule has 20 heavy (non-hydrogen) atoms. The zero-order valence-corrected chi connectivity index (χ0v) is 12.5. The van der Waals surface area contributed by atoms with Crippen LogP contribution in [0.1, 0.15) is 36.1 Å². The largest absolute Gasteiger partial charge is 0.495 e. The summed E-state index contributed by atoms with van der Waals surface area (Å²) in [6, 6.07) is 4.47. The molecule has 108 valence electrons. The zero-order chi connectivity index (χ0) is 14.1. The first-order valence-electron chi connectivity index (χ1n) is 7.65. The smallest absolute Gasteiger partial charge is 0.143 e. The van der Waals surface area contributed by atoms with Crippen LogP contribution in [0.4, 0.5) is 0 Å². The van der Waals surface area contributed by atoms with Crippen molar-refractivity contribution >= 4 is 10.9 Å². The lowest BCUT2D eigenvalue weighted by Crippen LogP contribution is -2.11. The predicted molar refractivity (Wildman–Crippen MR) is 83.5 cm³/mol. The van der Waals surface area contributed by atoms with Crippen molar-refractivity contribution in [2.24, 2.45) is 5.73 Å². The summed E-state index contributed by atoms with van der Waals surface area (Å²) in [5.41, 5.74) is 11.3.